The van der Waals surface area contributed by atoms with Crippen LogP contribution in [0, 0.1) is 17.9 Å². The first-order chi connectivity index (χ1) is 62.4. The van der Waals surface area contributed by atoms with Gasteiger partial charge in [-0.2, -0.15) is 5.26 Å². The fraction of sp³-hybridized carbons (Fsp3) is 0.0517. The Hall–Kier alpha value is -16.7. The molecule has 0 unspecified atom stereocenters. The summed E-state index contributed by atoms with van der Waals surface area (Å²) < 4.78 is 0. The zero-order valence-corrected chi connectivity index (χ0v) is 68.0. The summed E-state index contributed by atoms with van der Waals surface area (Å²) >= 11 is 0. The molecule has 126 heavy (non-hydrogen) atoms. The Morgan fingerprint density at radius 1 is 0.230 bits per heavy atom. The third kappa shape index (κ3) is 11.3. The fourth-order valence-corrected chi connectivity index (χ4v) is 21.5. The third-order valence-corrected chi connectivity index (χ3v) is 26.8. The maximum Gasteiger partial charge on any atom is 0.195 e. The summed E-state index contributed by atoms with van der Waals surface area (Å²) in [5.74, 6) is 0.439. The van der Waals surface area contributed by atoms with E-state index in [0.717, 1.165) is 123 Å². The Morgan fingerprint density at radius 2 is 0.452 bits per heavy atom. The van der Waals surface area contributed by atoms with Gasteiger partial charge in [0.15, 0.2) is 5.69 Å². The van der Waals surface area contributed by atoms with Gasteiger partial charge in [-0.05, 0) is 208 Å². The van der Waals surface area contributed by atoms with Crippen molar-refractivity contribution in [3.63, 3.8) is 0 Å². The molecule has 18 aromatic carbocycles. The molecule has 0 amide bonds. The average Bonchev–Trinajstić information content (AvgIpc) is 0.704. The molecule has 0 atom stereocenters. The van der Waals surface area contributed by atoms with Gasteiger partial charge in [-0.25, -0.2) is 34.7 Å². The summed E-state index contributed by atoms with van der Waals surface area (Å²) in [6.07, 6.45) is 0. The van der Waals surface area contributed by atoms with Crippen molar-refractivity contribution in [2.75, 3.05) is 9.80 Å². The molecule has 0 radical (unpaired) electrons. The summed E-state index contributed by atoms with van der Waals surface area (Å²) in [5.41, 5.74) is 40.0. The van der Waals surface area contributed by atoms with Crippen LogP contribution in [0.5, 0.6) is 0 Å². The van der Waals surface area contributed by atoms with Crippen LogP contribution in [0.1, 0.15) is 142 Å². The van der Waals surface area contributed by atoms with Crippen molar-refractivity contribution in [3.8, 4) is 28.3 Å². The Kier molecular flexibility index (Phi) is 16.6. The predicted octanol–water partition coefficient (Wildman–Crippen LogP) is 28.0. The number of anilines is 6. The summed E-state index contributed by atoms with van der Waals surface area (Å²) in [4.78, 5) is 40.6. The van der Waals surface area contributed by atoms with E-state index in [-0.39, 0.29) is 35.5 Å². The van der Waals surface area contributed by atoms with Crippen molar-refractivity contribution in [2.24, 2.45) is 0 Å². The lowest BCUT2D eigenvalue weighted by Gasteiger charge is -2.40. The van der Waals surface area contributed by atoms with Crippen LogP contribution in [0.2, 0.25) is 0 Å². The quantitative estimate of drug-likeness (QED) is 0.108. The first-order valence-corrected chi connectivity index (χ1v) is 43.0. The molecule has 0 N–H and O–H groups in total. The van der Waals surface area contributed by atoms with Gasteiger partial charge in [0, 0.05) is 33.5 Å². The molecule has 9 aliphatic carbocycles. The van der Waals surface area contributed by atoms with Gasteiger partial charge in [0.1, 0.15) is 0 Å². The van der Waals surface area contributed by atoms with Crippen LogP contribution in [-0.2, 0) is 0 Å². The zero-order chi connectivity index (χ0) is 83.2. The van der Waals surface area contributed by atoms with Crippen molar-refractivity contribution >= 4 is 105 Å². The van der Waals surface area contributed by atoms with Gasteiger partial charge in [0.05, 0.1) is 132 Å². The molecule has 9 aliphatic rings. The molecule has 30 rings (SSSR count). The molecule has 0 saturated carbocycles. The Labute approximate surface area is 727 Å². The van der Waals surface area contributed by atoms with Crippen LogP contribution >= 0.6 is 0 Å². The first kappa shape index (κ1) is 72.2. The standard InChI is InChI=1S/C50H34N4.C38H24N2.C28H14N4/c1-5-17-33(18-6-1)53(34-19-7-2-8-20-34)45-29-30-46(54(35-21-9-3-10-22-35)36-23-11-4-12-24-36)42-32-44-43(31-41(42)45)51-49-47-37-25-13-15-27-39(37)48(50(49)52-44)40-28-16-14-26-38(40)47;1-3-11-23(12-4-1)25-19-20-26(24-13-5-2-6-14-24)32-22-34-33(21-31(25)32)39-37-35-27-15-7-9-17-29(27)36(38(37)40-34)30-18-10-8-16-28(30)35;1-30-22-11-10-15(14-29)20-12-23-24(13-21(20)22)32-28-26-18-8-4-2-6-16(18)25(27(28)31-23)17-7-3-5-9-19(17)26/h1-32,47-48H;1-22,35-36H;2-13,25-26H. The molecule has 3 heterocycles. The third-order valence-electron chi connectivity index (χ3n) is 26.8. The highest BCUT2D eigenvalue weighted by Gasteiger charge is 2.47. The van der Waals surface area contributed by atoms with Crippen molar-refractivity contribution in [1.82, 2.24) is 29.9 Å². The average molecular weight is 1610 g/mol. The zero-order valence-electron chi connectivity index (χ0n) is 68.0. The number of rotatable bonds is 8. The lowest BCUT2D eigenvalue weighted by Crippen LogP contribution is -2.29. The van der Waals surface area contributed by atoms with Gasteiger partial charge in [-0.15, -0.1) is 0 Å². The largest absolute Gasteiger partial charge is 0.310 e. The first-order valence-electron chi connectivity index (χ1n) is 43.0. The lowest BCUT2D eigenvalue weighted by atomic mass is 9.64. The summed E-state index contributed by atoms with van der Waals surface area (Å²) in [5, 5.41) is 15.7. The van der Waals surface area contributed by atoms with E-state index in [9.17, 15) is 5.26 Å². The topological polar surface area (TPSA) is 112 Å². The Morgan fingerprint density at radius 3 is 0.698 bits per heavy atom. The number of aromatic nitrogens is 6. The van der Waals surface area contributed by atoms with E-state index in [1.165, 1.54) is 99.8 Å². The minimum absolute atomic E-state index is 0.0487. The van der Waals surface area contributed by atoms with Crippen LogP contribution < -0.4 is 9.80 Å². The van der Waals surface area contributed by atoms with E-state index in [0.29, 0.717) is 11.3 Å². The summed E-state index contributed by atoms with van der Waals surface area (Å²) in [6, 6.07) is 144. The van der Waals surface area contributed by atoms with Crippen LogP contribution in [0.15, 0.2) is 400 Å². The maximum absolute atomic E-state index is 9.60. The van der Waals surface area contributed by atoms with E-state index < -0.39 is 0 Å². The molecule has 10 heteroatoms. The molecule has 6 bridgehead atoms. The monoisotopic (exact) mass is 1600 g/mol. The highest BCUT2D eigenvalue weighted by Crippen LogP contribution is 2.59. The highest BCUT2D eigenvalue weighted by molar-refractivity contribution is 6.13. The number of benzene rings is 18. The van der Waals surface area contributed by atoms with Gasteiger partial charge >= 0.3 is 0 Å². The van der Waals surface area contributed by atoms with Gasteiger partial charge in [0.2, 0.25) is 0 Å². The summed E-state index contributed by atoms with van der Waals surface area (Å²) in [6.45, 7) is 7.55. The predicted molar refractivity (Wildman–Crippen MR) is 507 cm³/mol. The van der Waals surface area contributed by atoms with E-state index in [1.54, 1.807) is 12.1 Å². The molecule has 21 aromatic rings. The number of nitrogens with zero attached hydrogens (tertiary/aromatic N) is 10. The normalized spacial score (nSPS) is 16.1. The highest BCUT2D eigenvalue weighted by atomic mass is 15.2. The van der Waals surface area contributed by atoms with Crippen LogP contribution in [0.25, 0.3) is 92.5 Å². The fourth-order valence-electron chi connectivity index (χ4n) is 21.5. The number of nitriles is 1. The number of para-hydroxylation sites is 4. The SMILES string of the molecule is [C-]#[N+]c1ccc(C#N)c2cc3nc4c(nc3cc12)C1c2ccccc2C4c2ccccc21.c1ccc(-c2ccc(-c3ccccc3)c3cc4nc5c(nc4cc23)C2c3ccccc3C5c3ccccc32)cc1.c1ccc(N(c2ccccc2)c2ccc(N(c3ccccc3)c3ccccc3)c3cc4nc5c(nc4cc23)C2c3ccccc3C5c3ccccc32)cc1. The van der Waals surface area contributed by atoms with Gasteiger partial charge < -0.3 is 9.80 Å². The second-order valence-electron chi connectivity index (χ2n) is 33.4. The molecule has 10 nitrogen and oxygen atoms in total. The van der Waals surface area contributed by atoms with Crippen molar-refractivity contribution in [2.45, 2.75) is 35.5 Å². The minimum atomic E-state index is 0.0487. The van der Waals surface area contributed by atoms with Gasteiger partial charge in [-0.3, -0.25) is 0 Å². The maximum atomic E-state index is 9.60. The smallest absolute Gasteiger partial charge is 0.195 e. The molecule has 0 aliphatic heterocycles. The molecule has 3 aromatic heterocycles. The van der Waals surface area contributed by atoms with Crippen LogP contribution in [-0.4, -0.2) is 29.9 Å². The molecular weight excluding hydrogens is 1530 g/mol. The van der Waals surface area contributed by atoms with Crippen LogP contribution in [0.4, 0.5) is 39.8 Å². The van der Waals surface area contributed by atoms with E-state index >= 15 is 0 Å². The van der Waals surface area contributed by atoms with Crippen LogP contribution in [0.3, 0.4) is 0 Å². The van der Waals surface area contributed by atoms with Gasteiger partial charge in [0.25, 0.3) is 0 Å². The summed E-state index contributed by atoms with van der Waals surface area (Å²) in [7, 11) is 0. The second kappa shape index (κ2) is 29.0. The lowest BCUT2D eigenvalue weighted by molar-refractivity contribution is 0.709. The van der Waals surface area contributed by atoms with Gasteiger partial charge in [-0.1, -0.05) is 303 Å². The number of fused-ring (bicyclic) bond motifs is 6. The minimum Gasteiger partial charge on any atom is -0.310 e. The second-order valence-corrected chi connectivity index (χ2v) is 33.4. The van der Waals surface area contributed by atoms with E-state index in [2.05, 4.69) is 397 Å². The molecule has 0 spiro atoms. The number of hydrogen-bond donors (Lipinski definition) is 0. The molecular formula is C116H72N10. The van der Waals surface area contributed by atoms with Crippen molar-refractivity contribution in [3.05, 3.63) is 518 Å². The van der Waals surface area contributed by atoms with Crippen molar-refractivity contribution < 1.29 is 0 Å². The van der Waals surface area contributed by atoms with Crippen molar-refractivity contribution in [1.29, 1.82) is 5.26 Å². The Bertz CT molecular complexity index is 7480. The Balaban J connectivity index is 0.000000107. The molecule has 586 valence electrons. The van der Waals surface area contributed by atoms with E-state index in [1.807, 2.05) is 12.1 Å². The van der Waals surface area contributed by atoms with E-state index in [4.69, 9.17) is 36.5 Å². The molecule has 0 saturated heterocycles. The number of hydrogen-bond acceptors (Lipinski definition) is 9. The molecule has 0 fully saturated rings.